The number of rotatable bonds is 2. The molecule has 2 aromatic carbocycles. The number of thiocarbonyl (C=S) groups is 1. The number of thioether (sulfide) groups is 2. The van der Waals surface area contributed by atoms with Crippen molar-refractivity contribution in [3.8, 4) is 5.75 Å². The standard InChI is InChI=1S/C18H14N2O2S3/c1-19-16(21)15(25-18(19)23)17-20(11-6-4-3-5-7-11)13-10-12(22-2)8-9-14(13)24-17/h3-10H,1-2H3. The number of hydrogen-bond donors (Lipinski definition) is 0. The van der Waals surface area contributed by atoms with Crippen LogP contribution in [0.4, 0.5) is 11.4 Å². The van der Waals surface area contributed by atoms with Crippen molar-refractivity contribution in [2.45, 2.75) is 4.90 Å². The zero-order valence-electron chi connectivity index (χ0n) is 13.6. The fraction of sp³-hybridized carbons (Fsp3) is 0.111. The molecule has 4 nitrogen and oxygen atoms in total. The van der Waals surface area contributed by atoms with Gasteiger partial charge in [-0.25, -0.2) is 0 Å². The number of methoxy groups -OCH3 is 1. The summed E-state index contributed by atoms with van der Waals surface area (Å²) in [5, 5.41) is 0.885. The first-order chi connectivity index (χ1) is 12.1. The van der Waals surface area contributed by atoms with Gasteiger partial charge in [-0.1, -0.05) is 53.9 Å². The molecule has 7 heteroatoms. The molecule has 0 radical (unpaired) electrons. The van der Waals surface area contributed by atoms with Crippen molar-refractivity contribution in [3.63, 3.8) is 0 Å². The molecular weight excluding hydrogens is 372 g/mol. The molecule has 0 saturated carbocycles. The number of hydrogen-bond acceptors (Lipinski definition) is 6. The molecule has 126 valence electrons. The minimum atomic E-state index is -0.0572. The number of anilines is 2. The molecule has 0 atom stereocenters. The lowest BCUT2D eigenvalue weighted by Gasteiger charge is -2.21. The van der Waals surface area contributed by atoms with Gasteiger partial charge in [0.1, 0.15) is 20.0 Å². The second kappa shape index (κ2) is 6.40. The molecule has 25 heavy (non-hydrogen) atoms. The highest BCUT2D eigenvalue weighted by molar-refractivity contribution is 8.27. The average Bonchev–Trinajstić information content (AvgIpc) is 3.14. The van der Waals surface area contributed by atoms with Crippen molar-refractivity contribution < 1.29 is 9.53 Å². The number of nitrogens with zero attached hydrogens (tertiary/aromatic N) is 2. The Kier molecular flexibility index (Phi) is 4.23. The molecule has 2 aliphatic heterocycles. The van der Waals surface area contributed by atoms with Crippen LogP contribution in [0.25, 0.3) is 0 Å². The minimum Gasteiger partial charge on any atom is -0.497 e. The van der Waals surface area contributed by atoms with Crippen molar-refractivity contribution in [1.82, 2.24) is 4.90 Å². The van der Waals surface area contributed by atoms with Crippen LogP contribution in [0.1, 0.15) is 0 Å². The summed E-state index contributed by atoms with van der Waals surface area (Å²) in [6.45, 7) is 0. The summed E-state index contributed by atoms with van der Waals surface area (Å²) >= 11 is 8.24. The Morgan fingerprint density at radius 2 is 1.84 bits per heavy atom. The van der Waals surface area contributed by atoms with Gasteiger partial charge in [0.05, 0.1) is 12.8 Å². The molecule has 0 bridgehead atoms. The van der Waals surface area contributed by atoms with E-state index in [1.807, 2.05) is 48.5 Å². The van der Waals surface area contributed by atoms with E-state index in [1.165, 1.54) is 16.7 Å². The third-order valence-corrected chi connectivity index (χ3v) is 6.81. The zero-order chi connectivity index (χ0) is 17.6. The SMILES string of the molecule is COc1ccc2c(c1)N(c1ccccc1)C(=C1SC(=S)N(C)C1=O)S2. The molecule has 0 aliphatic carbocycles. The van der Waals surface area contributed by atoms with E-state index in [2.05, 4.69) is 4.90 Å². The maximum Gasteiger partial charge on any atom is 0.268 e. The summed E-state index contributed by atoms with van der Waals surface area (Å²) in [5.74, 6) is 0.725. The number of amides is 1. The highest BCUT2D eigenvalue weighted by atomic mass is 32.2. The van der Waals surface area contributed by atoms with Gasteiger partial charge < -0.3 is 9.64 Å². The lowest BCUT2D eigenvalue weighted by molar-refractivity contribution is -0.121. The first kappa shape index (κ1) is 16.5. The second-order valence-electron chi connectivity index (χ2n) is 5.47. The molecule has 0 N–H and O–H groups in total. The molecule has 2 heterocycles. The summed E-state index contributed by atoms with van der Waals surface area (Å²) < 4.78 is 5.96. The minimum absolute atomic E-state index is 0.0572. The predicted molar refractivity (Wildman–Crippen MR) is 107 cm³/mol. The van der Waals surface area contributed by atoms with Gasteiger partial charge in [0.25, 0.3) is 5.91 Å². The van der Waals surface area contributed by atoms with Crippen molar-refractivity contribution in [2.24, 2.45) is 0 Å². The zero-order valence-corrected chi connectivity index (χ0v) is 16.0. The maximum absolute atomic E-state index is 12.6. The molecule has 2 aliphatic rings. The summed E-state index contributed by atoms with van der Waals surface area (Å²) in [4.78, 5) is 18.0. The van der Waals surface area contributed by atoms with Crippen LogP contribution in [0.2, 0.25) is 0 Å². The highest BCUT2D eigenvalue weighted by Crippen LogP contribution is 2.54. The highest BCUT2D eigenvalue weighted by Gasteiger charge is 2.38. The molecule has 1 saturated heterocycles. The van der Waals surface area contributed by atoms with E-state index in [0.717, 1.165) is 27.0 Å². The summed E-state index contributed by atoms with van der Waals surface area (Å²) in [5.41, 5.74) is 2.00. The Morgan fingerprint density at radius 1 is 1.08 bits per heavy atom. The van der Waals surface area contributed by atoms with Gasteiger partial charge in [0.15, 0.2) is 0 Å². The van der Waals surface area contributed by atoms with E-state index < -0.39 is 0 Å². The Balaban J connectivity index is 1.91. The first-order valence-corrected chi connectivity index (χ1v) is 9.59. The van der Waals surface area contributed by atoms with E-state index in [9.17, 15) is 4.79 Å². The maximum atomic E-state index is 12.6. The monoisotopic (exact) mass is 386 g/mol. The average molecular weight is 387 g/mol. The van der Waals surface area contributed by atoms with Crippen LogP contribution in [0, 0.1) is 0 Å². The lowest BCUT2D eigenvalue weighted by atomic mass is 10.2. The second-order valence-corrected chi connectivity index (χ2v) is 8.15. The number of carbonyl (C=O) groups excluding carboxylic acids is 1. The van der Waals surface area contributed by atoms with Gasteiger partial charge >= 0.3 is 0 Å². The Morgan fingerprint density at radius 3 is 2.48 bits per heavy atom. The number of para-hydroxylation sites is 1. The Hall–Kier alpha value is -1.96. The van der Waals surface area contributed by atoms with Crippen molar-refractivity contribution in [1.29, 1.82) is 0 Å². The van der Waals surface area contributed by atoms with Crippen LogP contribution < -0.4 is 9.64 Å². The number of ether oxygens (including phenoxy) is 1. The third kappa shape index (κ3) is 2.72. The normalized spacial score (nSPS) is 19.6. The van der Waals surface area contributed by atoms with Gasteiger partial charge in [0.2, 0.25) is 0 Å². The van der Waals surface area contributed by atoms with Crippen molar-refractivity contribution >= 4 is 57.3 Å². The van der Waals surface area contributed by atoms with E-state index in [1.54, 1.807) is 25.9 Å². The van der Waals surface area contributed by atoms with Gasteiger partial charge in [-0.15, -0.1) is 0 Å². The van der Waals surface area contributed by atoms with Crippen LogP contribution in [0.15, 0.2) is 63.4 Å². The molecule has 0 spiro atoms. The first-order valence-electron chi connectivity index (χ1n) is 7.55. The van der Waals surface area contributed by atoms with Crippen molar-refractivity contribution in [2.75, 3.05) is 19.1 Å². The topological polar surface area (TPSA) is 32.8 Å². The quantitative estimate of drug-likeness (QED) is 0.554. The van der Waals surface area contributed by atoms with Crippen LogP contribution in [-0.2, 0) is 4.79 Å². The molecule has 1 amide bonds. The third-order valence-electron chi connectivity index (χ3n) is 3.99. The van der Waals surface area contributed by atoms with E-state index >= 15 is 0 Å². The fourth-order valence-electron chi connectivity index (χ4n) is 2.70. The molecule has 0 aromatic heterocycles. The number of likely N-dealkylation sites (N-methyl/N-ethyl adjacent to an activating group) is 1. The Bertz CT molecular complexity index is 912. The van der Waals surface area contributed by atoms with Gasteiger partial charge in [-0.3, -0.25) is 9.69 Å². The van der Waals surface area contributed by atoms with E-state index in [4.69, 9.17) is 17.0 Å². The summed E-state index contributed by atoms with van der Waals surface area (Å²) in [7, 11) is 3.37. The lowest BCUT2D eigenvalue weighted by Crippen LogP contribution is -2.23. The van der Waals surface area contributed by atoms with E-state index in [0.29, 0.717) is 9.23 Å². The van der Waals surface area contributed by atoms with Gasteiger partial charge in [-0.2, -0.15) is 0 Å². The van der Waals surface area contributed by atoms with Gasteiger partial charge in [0, 0.05) is 23.7 Å². The van der Waals surface area contributed by atoms with Crippen LogP contribution in [0.5, 0.6) is 5.75 Å². The molecule has 4 rings (SSSR count). The molecule has 2 aromatic rings. The van der Waals surface area contributed by atoms with Crippen LogP contribution in [-0.4, -0.2) is 29.3 Å². The molecule has 1 fully saturated rings. The Labute approximate surface area is 159 Å². The van der Waals surface area contributed by atoms with Gasteiger partial charge in [-0.05, 0) is 24.3 Å². The molecular formula is C18H14N2O2S3. The summed E-state index contributed by atoms with van der Waals surface area (Å²) in [6, 6.07) is 16.0. The summed E-state index contributed by atoms with van der Waals surface area (Å²) in [6.07, 6.45) is 0. The van der Waals surface area contributed by atoms with Crippen molar-refractivity contribution in [3.05, 3.63) is 58.5 Å². The number of carbonyl (C=O) groups is 1. The number of benzene rings is 2. The predicted octanol–water partition coefficient (Wildman–Crippen LogP) is 4.60. The van der Waals surface area contributed by atoms with Crippen LogP contribution >= 0.6 is 35.7 Å². The van der Waals surface area contributed by atoms with Crippen LogP contribution in [0.3, 0.4) is 0 Å². The molecule has 0 unspecified atom stereocenters. The smallest absolute Gasteiger partial charge is 0.268 e. The van der Waals surface area contributed by atoms with E-state index in [-0.39, 0.29) is 5.91 Å². The largest absolute Gasteiger partial charge is 0.497 e. The fourth-order valence-corrected chi connectivity index (χ4v) is 5.15. The number of fused-ring (bicyclic) bond motifs is 1.